The molecule has 0 radical (unpaired) electrons. The molecule has 1 N–H and O–H groups in total. The highest BCUT2D eigenvalue weighted by atomic mass is 16.5. The van der Waals surface area contributed by atoms with Gasteiger partial charge in [0.1, 0.15) is 6.04 Å². The number of hydrogen-bond donors (Lipinski definition) is 1. The summed E-state index contributed by atoms with van der Waals surface area (Å²) in [6.45, 7) is 5.13. The molecule has 8 heteroatoms. The summed E-state index contributed by atoms with van der Waals surface area (Å²) in [5.41, 5.74) is 0.747. The molecule has 0 spiro atoms. The molecule has 2 heterocycles. The van der Waals surface area contributed by atoms with Crippen LogP contribution in [-0.4, -0.2) is 25.8 Å². The molecule has 25 heavy (non-hydrogen) atoms. The monoisotopic (exact) mass is 339 g/mol. The van der Waals surface area contributed by atoms with Gasteiger partial charge in [-0.1, -0.05) is 23.4 Å². The number of para-hydroxylation sites is 1. The van der Waals surface area contributed by atoms with Gasteiger partial charge in [0, 0.05) is 11.8 Å². The van der Waals surface area contributed by atoms with E-state index in [1.807, 2.05) is 30.3 Å². The Hall–Kier alpha value is -3.29. The van der Waals surface area contributed by atoms with E-state index in [1.54, 1.807) is 25.5 Å². The van der Waals surface area contributed by atoms with Crippen molar-refractivity contribution in [2.45, 2.75) is 26.8 Å². The first-order valence-electron chi connectivity index (χ1n) is 7.73. The normalized spacial score (nSPS) is 12.0. The molecule has 1 atom stereocenters. The van der Waals surface area contributed by atoms with E-state index in [9.17, 15) is 9.59 Å². The van der Waals surface area contributed by atoms with Gasteiger partial charge in [0.25, 0.3) is 5.91 Å². The van der Waals surface area contributed by atoms with Gasteiger partial charge in [0.15, 0.2) is 11.5 Å². The van der Waals surface area contributed by atoms with Crippen molar-refractivity contribution >= 4 is 5.91 Å². The van der Waals surface area contributed by atoms with Crippen LogP contribution in [0.25, 0.3) is 5.69 Å². The Balaban J connectivity index is 1.91. The largest absolute Gasteiger partial charge is 0.339 e. The number of carbonyl (C=O) groups is 1. The molecule has 128 valence electrons. The minimum absolute atomic E-state index is 0.197. The van der Waals surface area contributed by atoms with Gasteiger partial charge in [0.05, 0.1) is 5.69 Å². The van der Waals surface area contributed by atoms with E-state index in [1.165, 1.54) is 6.07 Å². The molecule has 0 saturated carbocycles. The van der Waals surface area contributed by atoms with Gasteiger partial charge < -0.3 is 9.84 Å². The van der Waals surface area contributed by atoms with Crippen LogP contribution in [0.3, 0.4) is 0 Å². The number of aromatic nitrogens is 4. The lowest BCUT2D eigenvalue weighted by Crippen LogP contribution is -2.33. The Bertz CT molecular complexity index is 962. The maximum Gasteiger partial charge on any atom is 0.276 e. The topological polar surface area (TPSA) is 103 Å². The highest BCUT2D eigenvalue weighted by molar-refractivity contribution is 5.92. The summed E-state index contributed by atoms with van der Waals surface area (Å²) >= 11 is 0. The number of nitrogens with one attached hydrogen (secondary N) is 1. The minimum atomic E-state index is -0.599. The number of carbonyl (C=O) groups excluding carboxylic acids is 1. The zero-order valence-electron chi connectivity index (χ0n) is 14.1. The molecule has 1 aromatic carbocycles. The van der Waals surface area contributed by atoms with Gasteiger partial charge >= 0.3 is 0 Å². The molecule has 3 aromatic rings. The molecule has 0 aliphatic rings. The second-order valence-electron chi connectivity index (χ2n) is 5.62. The molecular formula is C17H17N5O3. The van der Waals surface area contributed by atoms with Gasteiger partial charge in [-0.05, 0) is 32.9 Å². The summed E-state index contributed by atoms with van der Waals surface area (Å²) in [5, 5.41) is 10.6. The lowest BCUT2D eigenvalue weighted by molar-refractivity contribution is 0.0924. The standard InChI is InChI=1S/C17H17N5O3/c1-10-9-14(23)15(20-22(10)13-7-5-4-6-8-13)16(24)18-11(2)17-19-12(3)21-25-17/h4-9,11H,1-3H3,(H,18,24)/t11-/m1/s1. The third-order valence-corrected chi connectivity index (χ3v) is 3.58. The van der Waals surface area contributed by atoms with Crippen molar-refractivity contribution < 1.29 is 9.32 Å². The zero-order chi connectivity index (χ0) is 18.0. The summed E-state index contributed by atoms with van der Waals surface area (Å²) in [6, 6.07) is 10.1. The quantitative estimate of drug-likeness (QED) is 0.776. The maximum atomic E-state index is 12.5. The summed E-state index contributed by atoms with van der Waals surface area (Å²) < 4.78 is 6.58. The van der Waals surface area contributed by atoms with Crippen LogP contribution in [0.5, 0.6) is 0 Å². The molecule has 1 amide bonds. The Morgan fingerprint density at radius 3 is 2.60 bits per heavy atom. The fourth-order valence-corrected chi connectivity index (χ4v) is 2.35. The molecule has 8 nitrogen and oxygen atoms in total. The molecule has 0 bridgehead atoms. The molecule has 0 fully saturated rings. The molecule has 0 aliphatic heterocycles. The van der Waals surface area contributed by atoms with Crippen LogP contribution in [0.1, 0.15) is 40.9 Å². The van der Waals surface area contributed by atoms with Crippen LogP contribution in [0, 0.1) is 13.8 Å². The maximum absolute atomic E-state index is 12.5. The van der Waals surface area contributed by atoms with E-state index in [2.05, 4.69) is 20.6 Å². The first-order chi connectivity index (χ1) is 12.0. The second-order valence-corrected chi connectivity index (χ2v) is 5.62. The lowest BCUT2D eigenvalue weighted by atomic mass is 10.2. The van der Waals surface area contributed by atoms with Crippen molar-refractivity contribution in [1.82, 2.24) is 25.2 Å². The van der Waals surface area contributed by atoms with Gasteiger partial charge in [0.2, 0.25) is 11.3 Å². The number of benzene rings is 1. The fourth-order valence-electron chi connectivity index (χ4n) is 2.35. The van der Waals surface area contributed by atoms with E-state index in [-0.39, 0.29) is 11.6 Å². The highest BCUT2D eigenvalue weighted by Gasteiger charge is 2.20. The van der Waals surface area contributed by atoms with E-state index < -0.39 is 17.4 Å². The van der Waals surface area contributed by atoms with Gasteiger partial charge in [-0.3, -0.25) is 9.59 Å². The Morgan fingerprint density at radius 1 is 1.24 bits per heavy atom. The molecule has 0 unspecified atom stereocenters. The van der Waals surface area contributed by atoms with Crippen LogP contribution in [0.4, 0.5) is 0 Å². The van der Waals surface area contributed by atoms with E-state index in [0.29, 0.717) is 11.5 Å². The molecular weight excluding hydrogens is 322 g/mol. The average Bonchev–Trinajstić information content (AvgIpc) is 3.02. The van der Waals surface area contributed by atoms with Crippen molar-refractivity contribution in [2.75, 3.05) is 0 Å². The third kappa shape index (κ3) is 3.47. The Morgan fingerprint density at radius 2 is 1.96 bits per heavy atom. The van der Waals surface area contributed by atoms with Gasteiger partial charge in [-0.2, -0.15) is 10.1 Å². The van der Waals surface area contributed by atoms with E-state index in [4.69, 9.17) is 4.52 Å². The first-order valence-corrected chi connectivity index (χ1v) is 7.73. The summed E-state index contributed by atoms with van der Waals surface area (Å²) in [4.78, 5) is 28.7. The van der Waals surface area contributed by atoms with Crippen LogP contribution in [0.2, 0.25) is 0 Å². The summed E-state index contributed by atoms with van der Waals surface area (Å²) in [6.07, 6.45) is 0. The zero-order valence-corrected chi connectivity index (χ0v) is 14.1. The lowest BCUT2D eigenvalue weighted by Gasteiger charge is -2.12. The van der Waals surface area contributed by atoms with E-state index in [0.717, 1.165) is 5.69 Å². The number of nitrogens with zero attached hydrogens (tertiary/aromatic N) is 4. The minimum Gasteiger partial charge on any atom is -0.339 e. The highest BCUT2D eigenvalue weighted by Crippen LogP contribution is 2.11. The molecule has 0 aliphatic carbocycles. The third-order valence-electron chi connectivity index (χ3n) is 3.58. The first kappa shape index (κ1) is 16.6. The van der Waals surface area contributed by atoms with Crippen LogP contribution in [0.15, 0.2) is 45.7 Å². The SMILES string of the molecule is Cc1noc([C@@H](C)NC(=O)c2nn(-c3ccccc3)c(C)cc2=O)n1. The van der Waals surface area contributed by atoms with Crippen molar-refractivity contribution in [2.24, 2.45) is 0 Å². The second kappa shape index (κ2) is 6.68. The number of aryl methyl sites for hydroxylation is 2. The van der Waals surface area contributed by atoms with Crippen LogP contribution >= 0.6 is 0 Å². The molecule has 3 rings (SSSR count). The number of rotatable bonds is 4. The molecule has 2 aromatic heterocycles. The number of hydrogen-bond acceptors (Lipinski definition) is 6. The van der Waals surface area contributed by atoms with Crippen LogP contribution in [-0.2, 0) is 0 Å². The smallest absolute Gasteiger partial charge is 0.276 e. The summed E-state index contributed by atoms with van der Waals surface area (Å²) in [7, 11) is 0. The van der Waals surface area contributed by atoms with Crippen molar-refractivity contribution in [3.63, 3.8) is 0 Å². The van der Waals surface area contributed by atoms with Crippen LogP contribution < -0.4 is 10.7 Å². The van der Waals surface area contributed by atoms with Gasteiger partial charge in [-0.15, -0.1) is 0 Å². The predicted octanol–water partition coefficient (Wildman–Crippen LogP) is 1.72. The molecule has 0 saturated heterocycles. The Kier molecular flexibility index (Phi) is 4.42. The average molecular weight is 339 g/mol. The van der Waals surface area contributed by atoms with E-state index >= 15 is 0 Å². The predicted molar refractivity (Wildman–Crippen MR) is 89.5 cm³/mol. The fraction of sp³-hybridized carbons (Fsp3) is 0.235. The van der Waals surface area contributed by atoms with Crippen molar-refractivity contribution in [1.29, 1.82) is 0 Å². The Labute approximate surface area is 143 Å². The number of amides is 1. The summed E-state index contributed by atoms with van der Waals surface area (Å²) in [5.74, 6) is 0.135. The van der Waals surface area contributed by atoms with Gasteiger partial charge in [-0.25, -0.2) is 4.68 Å². The van der Waals surface area contributed by atoms with Crippen molar-refractivity contribution in [3.05, 3.63) is 69.7 Å². The van der Waals surface area contributed by atoms with Crippen molar-refractivity contribution in [3.8, 4) is 5.69 Å².